The molecular weight excluding hydrogens is 350 g/mol. The highest BCUT2D eigenvalue weighted by molar-refractivity contribution is 8.00. The molecule has 0 unspecified atom stereocenters. The summed E-state index contributed by atoms with van der Waals surface area (Å²) in [6, 6.07) is 3.45. The van der Waals surface area contributed by atoms with E-state index >= 15 is 0 Å². The molecule has 0 aliphatic carbocycles. The van der Waals surface area contributed by atoms with Gasteiger partial charge in [-0.1, -0.05) is 11.3 Å². The van der Waals surface area contributed by atoms with Gasteiger partial charge < -0.3 is 9.80 Å². The molecule has 1 aliphatic heterocycles. The van der Waals surface area contributed by atoms with E-state index in [4.69, 9.17) is 0 Å². The lowest BCUT2D eigenvalue weighted by Gasteiger charge is -2.34. The molecule has 3 rings (SSSR count). The van der Waals surface area contributed by atoms with Gasteiger partial charge in [0.25, 0.3) is 0 Å². The number of thiophene rings is 1. The zero-order chi connectivity index (χ0) is 16.9. The van der Waals surface area contributed by atoms with Crippen LogP contribution in [0.4, 0.5) is 10.9 Å². The van der Waals surface area contributed by atoms with Crippen molar-refractivity contribution in [2.24, 2.45) is 0 Å². The number of amides is 1. The summed E-state index contributed by atoms with van der Waals surface area (Å²) in [5, 5.41) is 12.7. The van der Waals surface area contributed by atoms with Gasteiger partial charge in [0, 0.05) is 38.6 Å². The average Bonchev–Trinajstić information content (AvgIpc) is 3.09. The van der Waals surface area contributed by atoms with Crippen LogP contribution in [0.15, 0.2) is 34.8 Å². The number of nitro groups is 1. The topological polar surface area (TPSA) is 92.5 Å². The number of anilines is 1. The van der Waals surface area contributed by atoms with Gasteiger partial charge in [-0.25, -0.2) is 9.97 Å². The van der Waals surface area contributed by atoms with Crippen molar-refractivity contribution in [2.45, 2.75) is 4.90 Å². The first kappa shape index (κ1) is 16.7. The van der Waals surface area contributed by atoms with E-state index in [9.17, 15) is 14.9 Å². The number of hydrogen-bond donors (Lipinski definition) is 0. The predicted octanol–water partition coefficient (Wildman–Crippen LogP) is 1.89. The standard InChI is InChI=1S/C14H15N5O3S2/c20-12(10-24-11-2-9-23-13(11)19(21)22)17-5-7-18(8-6-17)14-15-3-1-4-16-14/h1-4,9H,5-8,10H2. The minimum absolute atomic E-state index is 0.00544. The third-order valence-corrected chi connectivity index (χ3v) is 5.62. The molecule has 0 radical (unpaired) electrons. The van der Waals surface area contributed by atoms with Gasteiger partial charge in [-0.2, -0.15) is 0 Å². The van der Waals surface area contributed by atoms with Crippen LogP contribution in [-0.2, 0) is 4.79 Å². The molecule has 2 aromatic heterocycles. The van der Waals surface area contributed by atoms with Crippen molar-refractivity contribution in [1.29, 1.82) is 0 Å². The van der Waals surface area contributed by atoms with Gasteiger partial charge in [-0.3, -0.25) is 14.9 Å². The first-order valence-electron chi connectivity index (χ1n) is 7.29. The molecule has 0 atom stereocenters. The molecule has 0 saturated carbocycles. The van der Waals surface area contributed by atoms with E-state index in [0.29, 0.717) is 37.0 Å². The number of carbonyl (C=O) groups excluding carboxylic acids is 1. The Kier molecular flexibility index (Phi) is 5.26. The molecule has 10 heteroatoms. The van der Waals surface area contributed by atoms with Crippen LogP contribution in [0.25, 0.3) is 0 Å². The SMILES string of the molecule is O=C(CSc1ccsc1[N+](=O)[O-])N1CCN(c2ncccn2)CC1. The van der Waals surface area contributed by atoms with Crippen LogP contribution >= 0.6 is 23.1 Å². The first-order valence-corrected chi connectivity index (χ1v) is 9.16. The number of aromatic nitrogens is 2. The smallest absolute Gasteiger partial charge is 0.337 e. The first-order chi connectivity index (χ1) is 11.6. The molecule has 0 bridgehead atoms. The van der Waals surface area contributed by atoms with Crippen molar-refractivity contribution in [3.05, 3.63) is 40.0 Å². The molecule has 3 heterocycles. The number of carbonyl (C=O) groups is 1. The Bertz CT molecular complexity index is 716. The van der Waals surface area contributed by atoms with E-state index in [1.807, 2.05) is 4.90 Å². The van der Waals surface area contributed by atoms with Crippen LogP contribution in [0.3, 0.4) is 0 Å². The average molecular weight is 365 g/mol. The molecule has 1 saturated heterocycles. The predicted molar refractivity (Wildman–Crippen MR) is 92.5 cm³/mol. The van der Waals surface area contributed by atoms with Gasteiger partial charge in [0.1, 0.15) is 0 Å². The third-order valence-electron chi connectivity index (χ3n) is 3.59. The zero-order valence-electron chi connectivity index (χ0n) is 12.7. The van der Waals surface area contributed by atoms with Crippen molar-refractivity contribution in [3.8, 4) is 0 Å². The lowest BCUT2D eigenvalue weighted by Crippen LogP contribution is -2.49. The van der Waals surface area contributed by atoms with E-state index in [0.717, 1.165) is 11.3 Å². The Labute approximate surface area is 146 Å². The molecule has 0 spiro atoms. The molecular formula is C14H15N5O3S2. The van der Waals surface area contributed by atoms with Gasteiger partial charge >= 0.3 is 5.00 Å². The van der Waals surface area contributed by atoms with E-state index in [2.05, 4.69) is 9.97 Å². The summed E-state index contributed by atoms with van der Waals surface area (Å²) in [5.74, 6) is 0.876. The number of rotatable bonds is 5. The van der Waals surface area contributed by atoms with E-state index in [-0.39, 0.29) is 16.7 Å². The van der Waals surface area contributed by atoms with Crippen LogP contribution in [-0.4, -0.2) is 57.6 Å². The van der Waals surface area contributed by atoms with Gasteiger partial charge in [-0.05, 0) is 17.5 Å². The van der Waals surface area contributed by atoms with Crippen LogP contribution < -0.4 is 4.90 Å². The Hall–Kier alpha value is -2.20. The quantitative estimate of drug-likeness (QED) is 0.454. The van der Waals surface area contributed by atoms with Crippen molar-refractivity contribution in [3.63, 3.8) is 0 Å². The fraction of sp³-hybridized carbons (Fsp3) is 0.357. The largest absolute Gasteiger partial charge is 0.338 e. The van der Waals surface area contributed by atoms with E-state index in [1.54, 1.807) is 34.8 Å². The van der Waals surface area contributed by atoms with Crippen LogP contribution in [0.5, 0.6) is 0 Å². The van der Waals surface area contributed by atoms with Crippen LogP contribution in [0, 0.1) is 10.1 Å². The van der Waals surface area contributed by atoms with Crippen molar-refractivity contribution in [2.75, 3.05) is 36.8 Å². The van der Waals surface area contributed by atoms with Gasteiger partial charge in [0.05, 0.1) is 15.6 Å². The van der Waals surface area contributed by atoms with Gasteiger partial charge in [0.2, 0.25) is 11.9 Å². The second-order valence-electron chi connectivity index (χ2n) is 5.05. The number of piperazine rings is 1. The highest BCUT2D eigenvalue weighted by Gasteiger charge is 2.23. The molecule has 126 valence electrons. The molecule has 2 aromatic rings. The van der Waals surface area contributed by atoms with Gasteiger partial charge in [0.15, 0.2) is 0 Å². The summed E-state index contributed by atoms with van der Waals surface area (Å²) in [7, 11) is 0. The highest BCUT2D eigenvalue weighted by atomic mass is 32.2. The molecule has 1 fully saturated rings. The Morgan fingerprint density at radius 3 is 2.67 bits per heavy atom. The molecule has 0 N–H and O–H groups in total. The second-order valence-corrected chi connectivity index (χ2v) is 6.96. The number of nitrogens with zero attached hydrogens (tertiary/aromatic N) is 5. The maximum atomic E-state index is 12.3. The van der Waals surface area contributed by atoms with Gasteiger partial charge in [-0.15, -0.1) is 11.8 Å². The second kappa shape index (κ2) is 7.58. The highest BCUT2D eigenvalue weighted by Crippen LogP contribution is 2.34. The summed E-state index contributed by atoms with van der Waals surface area (Å²) in [5.41, 5.74) is 0. The molecule has 24 heavy (non-hydrogen) atoms. The lowest BCUT2D eigenvalue weighted by molar-refractivity contribution is -0.382. The summed E-state index contributed by atoms with van der Waals surface area (Å²) < 4.78 is 0. The minimum atomic E-state index is -0.407. The maximum Gasteiger partial charge on any atom is 0.337 e. The summed E-state index contributed by atoms with van der Waals surface area (Å²) in [6.45, 7) is 2.56. The van der Waals surface area contributed by atoms with Crippen LogP contribution in [0.2, 0.25) is 0 Å². The normalized spacial score (nSPS) is 14.7. The molecule has 1 amide bonds. The molecule has 0 aromatic carbocycles. The van der Waals surface area contributed by atoms with Crippen LogP contribution in [0.1, 0.15) is 0 Å². The number of hydrogen-bond acceptors (Lipinski definition) is 8. The molecule has 8 nitrogen and oxygen atoms in total. The fourth-order valence-electron chi connectivity index (χ4n) is 2.37. The summed E-state index contributed by atoms with van der Waals surface area (Å²) in [6.07, 6.45) is 3.40. The Morgan fingerprint density at radius 1 is 1.29 bits per heavy atom. The minimum Gasteiger partial charge on any atom is -0.338 e. The fourth-order valence-corrected chi connectivity index (χ4v) is 4.21. The van der Waals surface area contributed by atoms with Crippen molar-refractivity contribution >= 4 is 40.0 Å². The van der Waals surface area contributed by atoms with E-state index < -0.39 is 4.92 Å². The number of thioether (sulfide) groups is 1. The molecule has 1 aliphatic rings. The van der Waals surface area contributed by atoms with Crippen molar-refractivity contribution in [1.82, 2.24) is 14.9 Å². The zero-order valence-corrected chi connectivity index (χ0v) is 14.3. The third kappa shape index (κ3) is 3.82. The van der Waals surface area contributed by atoms with Crippen molar-refractivity contribution < 1.29 is 9.72 Å². The Balaban J connectivity index is 1.50. The maximum absolute atomic E-state index is 12.3. The summed E-state index contributed by atoms with van der Waals surface area (Å²) >= 11 is 2.30. The Morgan fingerprint density at radius 2 is 2.00 bits per heavy atom. The van der Waals surface area contributed by atoms with E-state index in [1.165, 1.54) is 11.8 Å². The summed E-state index contributed by atoms with van der Waals surface area (Å²) in [4.78, 5) is 35.6. The monoisotopic (exact) mass is 365 g/mol. The lowest BCUT2D eigenvalue weighted by atomic mass is 10.3.